The fraction of sp³-hybridized carbons (Fsp3) is 0.188. The second-order valence-electron chi connectivity index (χ2n) is 4.94. The van der Waals surface area contributed by atoms with Crippen molar-refractivity contribution in [2.75, 3.05) is 6.79 Å². The van der Waals surface area contributed by atoms with E-state index in [0.29, 0.717) is 28.4 Å². The van der Waals surface area contributed by atoms with Gasteiger partial charge in [0, 0.05) is 6.42 Å². The van der Waals surface area contributed by atoms with Gasteiger partial charge in [-0.05, 0) is 23.8 Å². The molecule has 1 atom stereocenters. The van der Waals surface area contributed by atoms with E-state index in [0.717, 1.165) is 0 Å². The first-order valence-electron chi connectivity index (χ1n) is 6.61. The fourth-order valence-corrected chi connectivity index (χ4v) is 2.63. The number of carbonyl (C=O) groups is 1. The van der Waals surface area contributed by atoms with Crippen LogP contribution in [0.3, 0.4) is 0 Å². The Balaban J connectivity index is 1.66. The highest BCUT2D eigenvalue weighted by Gasteiger charge is 2.37. The van der Waals surface area contributed by atoms with E-state index in [-0.39, 0.29) is 24.8 Å². The van der Waals surface area contributed by atoms with Crippen LogP contribution in [0, 0.1) is 5.82 Å². The Morgan fingerprint density at radius 3 is 2.81 bits per heavy atom. The Morgan fingerprint density at radius 1 is 1.10 bits per heavy atom. The number of rotatable bonds is 2. The van der Waals surface area contributed by atoms with Gasteiger partial charge in [-0.2, -0.15) is 0 Å². The standard InChI is InChI=1S/C16H11FO4/c17-11-4-2-1-3-9(11)7-13-14(18)10-5-6-12-16(15(10)21-13)20-8-19-12/h1-6,13H,7-8H2. The number of carbonyl (C=O) groups excluding carboxylic acids is 1. The monoisotopic (exact) mass is 286 g/mol. The van der Waals surface area contributed by atoms with Gasteiger partial charge in [0.15, 0.2) is 17.6 Å². The lowest BCUT2D eigenvalue weighted by atomic mass is 10.0. The quantitative estimate of drug-likeness (QED) is 0.851. The molecular weight excluding hydrogens is 275 g/mol. The molecule has 0 amide bonds. The summed E-state index contributed by atoms with van der Waals surface area (Å²) < 4.78 is 30.0. The summed E-state index contributed by atoms with van der Waals surface area (Å²) in [4.78, 5) is 12.4. The third-order valence-electron chi connectivity index (χ3n) is 3.67. The summed E-state index contributed by atoms with van der Waals surface area (Å²) in [5.74, 6) is 0.919. The molecule has 0 radical (unpaired) electrons. The molecule has 2 aromatic carbocycles. The number of hydrogen-bond donors (Lipinski definition) is 0. The summed E-state index contributed by atoms with van der Waals surface area (Å²) >= 11 is 0. The lowest BCUT2D eigenvalue weighted by Gasteiger charge is -2.10. The van der Waals surface area contributed by atoms with Crippen LogP contribution in [0.5, 0.6) is 17.2 Å². The number of ketones is 1. The molecule has 0 bridgehead atoms. The van der Waals surface area contributed by atoms with Gasteiger partial charge in [-0.25, -0.2) is 4.39 Å². The number of halogens is 1. The molecule has 0 fully saturated rings. The van der Waals surface area contributed by atoms with Crippen molar-refractivity contribution in [1.29, 1.82) is 0 Å². The topological polar surface area (TPSA) is 44.8 Å². The molecule has 0 N–H and O–H groups in total. The lowest BCUT2D eigenvalue weighted by molar-refractivity contribution is 0.0853. The maximum absolute atomic E-state index is 13.7. The largest absolute Gasteiger partial charge is 0.477 e. The lowest BCUT2D eigenvalue weighted by Crippen LogP contribution is -2.23. The van der Waals surface area contributed by atoms with Crippen LogP contribution in [0.4, 0.5) is 4.39 Å². The molecule has 0 aromatic heterocycles. The Morgan fingerprint density at radius 2 is 1.95 bits per heavy atom. The maximum atomic E-state index is 13.7. The van der Waals surface area contributed by atoms with Gasteiger partial charge in [-0.3, -0.25) is 4.79 Å². The van der Waals surface area contributed by atoms with Gasteiger partial charge in [-0.15, -0.1) is 0 Å². The molecule has 0 saturated carbocycles. The van der Waals surface area contributed by atoms with Gasteiger partial charge in [0.05, 0.1) is 5.56 Å². The van der Waals surface area contributed by atoms with Crippen molar-refractivity contribution in [3.63, 3.8) is 0 Å². The van der Waals surface area contributed by atoms with Crippen LogP contribution in [0.2, 0.25) is 0 Å². The van der Waals surface area contributed by atoms with Crippen molar-refractivity contribution in [1.82, 2.24) is 0 Å². The Bertz CT molecular complexity index is 741. The fourth-order valence-electron chi connectivity index (χ4n) is 2.63. The van der Waals surface area contributed by atoms with Crippen LogP contribution in [0.25, 0.3) is 0 Å². The molecule has 4 nitrogen and oxygen atoms in total. The summed E-state index contributed by atoms with van der Waals surface area (Å²) in [6.07, 6.45) is -0.539. The van der Waals surface area contributed by atoms with Crippen LogP contribution >= 0.6 is 0 Å². The van der Waals surface area contributed by atoms with Crippen LogP contribution in [-0.2, 0) is 6.42 Å². The van der Waals surface area contributed by atoms with Gasteiger partial charge in [0.25, 0.3) is 0 Å². The molecule has 2 aromatic rings. The second kappa shape index (κ2) is 4.48. The van der Waals surface area contributed by atoms with E-state index in [1.165, 1.54) is 6.07 Å². The van der Waals surface area contributed by atoms with Crippen molar-refractivity contribution in [2.45, 2.75) is 12.5 Å². The highest BCUT2D eigenvalue weighted by molar-refractivity contribution is 6.06. The normalized spacial score (nSPS) is 18.5. The second-order valence-corrected chi connectivity index (χ2v) is 4.94. The van der Waals surface area contributed by atoms with E-state index in [1.807, 2.05) is 0 Å². The van der Waals surface area contributed by atoms with Crippen molar-refractivity contribution in [3.05, 3.63) is 53.3 Å². The van der Waals surface area contributed by atoms with Gasteiger partial charge >= 0.3 is 0 Å². The predicted molar refractivity (Wildman–Crippen MR) is 71.4 cm³/mol. The van der Waals surface area contributed by atoms with Crippen molar-refractivity contribution in [2.24, 2.45) is 0 Å². The molecule has 5 heteroatoms. The Hall–Kier alpha value is -2.56. The summed E-state index contributed by atoms with van der Waals surface area (Å²) in [7, 11) is 0. The van der Waals surface area contributed by atoms with Crippen molar-refractivity contribution >= 4 is 5.78 Å². The van der Waals surface area contributed by atoms with E-state index in [1.54, 1.807) is 30.3 Å². The summed E-state index contributed by atoms with van der Waals surface area (Å²) in [6.45, 7) is 0.112. The van der Waals surface area contributed by atoms with E-state index in [9.17, 15) is 9.18 Å². The minimum atomic E-state index is -0.729. The number of Topliss-reactive ketones (excluding diaryl/α,β-unsaturated/α-hetero) is 1. The first-order valence-corrected chi connectivity index (χ1v) is 6.61. The van der Waals surface area contributed by atoms with Crippen LogP contribution in [-0.4, -0.2) is 18.7 Å². The van der Waals surface area contributed by atoms with Crippen molar-refractivity contribution < 1.29 is 23.4 Å². The molecular formula is C16H11FO4. The molecule has 2 aliphatic rings. The molecule has 2 aliphatic heterocycles. The van der Waals surface area contributed by atoms with Gasteiger partial charge < -0.3 is 14.2 Å². The molecule has 21 heavy (non-hydrogen) atoms. The third kappa shape index (κ3) is 1.85. The van der Waals surface area contributed by atoms with Crippen LogP contribution in [0.15, 0.2) is 36.4 Å². The number of fused-ring (bicyclic) bond motifs is 3. The molecule has 106 valence electrons. The molecule has 4 rings (SSSR count). The SMILES string of the molecule is O=C1c2ccc3c(c2OC1Cc1ccccc1F)OCO3. The first-order chi connectivity index (χ1) is 10.2. The van der Waals surface area contributed by atoms with Gasteiger partial charge in [-0.1, -0.05) is 18.2 Å². The van der Waals surface area contributed by atoms with E-state index in [4.69, 9.17) is 14.2 Å². The summed E-state index contributed by atoms with van der Waals surface area (Å²) in [6, 6.07) is 9.72. The first kappa shape index (κ1) is 12.2. The van der Waals surface area contributed by atoms with Crippen molar-refractivity contribution in [3.8, 4) is 17.2 Å². The van der Waals surface area contributed by atoms with Gasteiger partial charge in [0.1, 0.15) is 5.82 Å². The minimum Gasteiger partial charge on any atom is -0.477 e. The smallest absolute Gasteiger partial charge is 0.231 e. The van der Waals surface area contributed by atoms with Gasteiger partial charge in [0.2, 0.25) is 18.3 Å². The zero-order valence-corrected chi connectivity index (χ0v) is 11.0. The minimum absolute atomic E-state index is 0.112. The molecule has 2 heterocycles. The summed E-state index contributed by atoms with van der Waals surface area (Å²) in [5, 5.41) is 0. The Kier molecular flexibility index (Phi) is 2.60. The highest BCUT2D eigenvalue weighted by Crippen LogP contribution is 2.47. The van der Waals surface area contributed by atoms with E-state index < -0.39 is 6.10 Å². The van der Waals surface area contributed by atoms with E-state index >= 15 is 0 Å². The third-order valence-corrected chi connectivity index (χ3v) is 3.67. The zero-order chi connectivity index (χ0) is 14.4. The molecule has 0 aliphatic carbocycles. The maximum Gasteiger partial charge on any atom is 0.231 e. The highest BCUT2D eigenvalue weighted by atomic mass is 19.1. The van der Waals surface area contributed by atoms with Crippen LogP contribution < -0.4 is 14.2 Å². The molecule has 0 spiro atoms. The zero-order valence-electron chi connectivity index (χ0n) is 11.0. The van der Waals surface area contributed by atoms with E-state index in [2.05, 4.69) is 0 Å². The van der Waals surface area contributed by atoms with Crippen LogP contribution in [0.1, 0.15) is 15.9 Å². The average molecular weight is 286 g/mol. The average Bonchev–Trinajstić information content (AvgIpc) is 3.07. The predicted octanol–water partition coefficient (Wildman–Crippen LogP) is 2.74. The number of ether oxygens (including phenoxy) is 3. The summed E-state index contributed by atoms with van der Waals surface area (Å²) in [5.41, 5.74) is 0.915. The number of benzene rings is 2. The number of hydrogen-bond acceptors (Lipinski definition) is 4. The molecule has 0 saturated heterocycles. The Labute approximate surface area is 120 Å². The molecule has 1 unspecified atom stereocenters.